The van der Waals surface area contributed by atoms with E-state index in [1.807, 2.05) is 36.4 Å². The minimum absolute atomic E-state index is 0.0675. The molecule has 3 nitrogen and oxygen atoms in total. The van der Waals surface area contributed by atoms with E-state index in [2.05, 4.69) is 38.7 Å². The lowest BCUT2D eigenvalue weighted by Gasteiger charge is -2.13. The molecule has 1 amide bonds. The number of benzene rings is 2. The van der Waals surface area contributed by atoms with Crippen molar-refractivity contribution in [1.82, 2.24) is 0 Å². The molecule has 0 saturated heterocycles. The molecule has 0 aliphatic heterocycles. The highest BCUT2D eigenvalue weighted by Gasteiger charge is 2.22. The molecule has 0 aromatic heterocycles. The van der Waals surface area contributed by atoms with Crippen LogP contribution in [0.15, 0.2) is 53.0 Å². The molecule has 23 heavy (non-hydrogen) atoms. The molecule has 0 bridgehead atoms. The molecule has 0 unspecified atom stereocenters. The fourth-order valence-electron chi connectivity index (χ4n) is 2.50. The third kappa shape index (κ3) is 5.10. The Morgan fingerprint density at radius 3 is 2.61 bits per heavy atom. The third-order valence-electron chi connectivity index (χ3n) is 3.90. The van der Waals surface area contributed by atoms with Gasteiger partial charge in [0, 0.05) is 16.9 Å². The Hall–Kier alpha value is -1.81. The number of hydrogen-bond acceptors (Lipinski definition) is 2. The molecule has 0 radical (unpaired) electrons. The van der Waals surface area contributed by atoms with Crippen LogP contribution < -0.4 is 10.6 Å². The number of carbonyl (C=O) groups is 1. The Morgan fingerprint density at radius 1 is 1.09 bits per heavy atom. The second kappa shape index (κ2) is 7.64. The van der Waals surface area contributed by atoms with E-state index in [0.29, 0.717) is 12.5 Å². The second-order valence-electron chi connectivity index (χ2n) is 6.00. The van der Waals surface area contributed by atoms with Gasteiger partial charge in [0.05, 0.1) is 11.4 Å². The summed E-state index contributed by atoms with van der Waals surface area (Å²) in [7, 11) is 0. The topological polar surface area (TPSA) is 41.1 Å². The Bertz CT molecular complexity index is 668. The summed E-state index contributed by atoms with van der Waals surface area (Å²) in [6.07, 6.45) is 4.74. The fourth-order valence-corrected chi connectivity index (χ4v) is 2.86. The molecule has 4 heteroatoms. The summed E-state index contributed by atoms with van der Waals surface area (Å²) in [5.74, 6) is 0.0675. The van der Waals surface area contributed by atoms with Crippen molar-refractivity contribution in [1.29, 1.82) is 0 Å². The first-order valence-electron chi connectivity index (χ1n) is 8.10. The lowest BCUT2D eigenvalue weighted by Crippen LogP contribution is -2.14. The van der Waals surface area contributed by atoms with Crippen molar-refractivity contribution in [3.8, 4) is 0 Å². The SMILES string of the molecule is O=C(CCCc1ccccc1)Nc1cc(Br)ccc1NC1CC1. The Labute approximate surface area is 145 Å². The van der Waals surface area contributed by atoms with Gasteiger partial charge < -0.3 is 10.6 Å². The zero-order valence-electron chi connectivity index (χ0n) is 13.0. The van der Waals surface area contributed by atoms with Gasteiger partial charge >= 0.3 is 0 Å². The number of halogens is 1. The molecule has 1 saturated carbocycles. The van der Waals surface area contributed by atoms with Crippen molar-refractivity contribution in [3.05, 3.63) is 58.6 Å². The van der Waals surface area contributed by atoms with Crippen LogP contribution in [-0.4, -0.2) is 11.9 Å². The van der Waals surface area contributed by atoms with E-state index in [4.69, 9.17) is 0 Å². The molecule has 0 heterocycles. The zero-order valence-corrected chi connectivity index (χ0v) is 14.6. The second-order valence-corrected chi connectivity index (χ2v) is 6.91. The monoisotopic (exact) mass is 372 g/mol. The normalized spacial score (nSPS) is 13.6. The summed E-state index contributed by atoms with van der Waals surface area (Å²) in [4.78, 5) is 12.2. The van der Waals surface area contributed by atoms with Gasteiger partial charge in [0.1, 0.15) is 0 Å². The molecule has 2 aromatic carbocycles. The minimum atomic E-state index is 0.0675. The van der Waals surface area contributed by atoms with Gasteiger partial charge in [0.25, 0.3) is 0 Å². The summed E-state index contributed by atoms with van der Waals surface area (Å²) in [5.41, 5.74) is 3.14. The summed E-state index contributed by atoms with van der Waals surface area (Å²) in [6, 6.07) is 16.8. The first kappa shape index (κ1) is 16.1. The van der Waals surface area contributed by atoms with Gasteiger partial charge in [-0.1, -0.05) is 46.3 Å². The number of amides is 1. The predicted octanol–water partition coefficient (Wildman–Crippen LogP) is 4.98. The van der Waals surface area contributed by atoms with E-state index in [9.17, 15) is 4.79 Å². The average Bonchev–Trinajstić information content (AvgIpc) is 3.35. The van der Waals surface area contributed by atoms with Crippen LogP contribution in [0.2, 0.25) is 0 Å². The first-order chi connectivity index (χ1) is 11.2. The third-order valence-corrected chi connectivity index (χ3v) is 4.40. The van der Waals surface area contributed by atoms with Gasteiger partial charge in [-0.05, 0) is 49.4 Å². The van der Waals surface area contributed by atoms with Crippen molar-refractivity contribution in [2.75, 3.05) is 10.6 Å². The van der Waals surface area contributed by atoms with Crippen molar-refractivity contribution in [3.63, 3.8) is 0 Å². The quantitative estimate of drug-likeness (QED) is 0.718. The summed E-state index contributed by atoms with van der Waals surface area (Å²) >= 11 is 3.47. The minimum Gasteiger partial charge on any atom is -0.381 e. The van der Waals surface area contributed by atoms with E-state index in [1.54, 1.807) is 0 Å². The van der Waals surface area contributed by atoms with Gasteiger partial charge in [0.2, 0.25) is 5.91 Å². The maximum absolute atomic E-state index is 12.2. The zero-order chi connectivity index (χ0) is 16.1. The summed E-state index contributed by atoms with van der Waals surface area (Å²) in [5, 5.41) is 6.50. The number of hydrogen-bond donors (Lipinski definition) is 2. The van der Waals surface area contributed by atoms with Crippen LogP contribution in [0.4, 0.5) is 11.4 Å². The number of nitrogens with one attached hydrogen (secondary N) is 2. The highest BCUT2D eigenvalue weighted by Crippen LogP contribution is 2.31. The lowest BCUT2D eigenvalue weighted by atomic mass is 10.1. The maximum atomic E-state index is 12.2. The van der Waals surface area contributed by atoms with Gasteiger partial charge in [-0.2, -0.15) is 0 Å². The average molecular weight is 373 g/mol. The number of anilines is 2. The first-order valence-corrected chi connectivity index (χ1v) is 8.90. The van der Waals surface area contributed by atoms with Crippen molar-refractivity contribution >= 4 is 33.2 Å². The largest absolute Gasteiger partial charge is 0.381 e. The molecule has 1 fully saturated rings. The smallest absolute Gasteiger partial charge is 0.224 e. The Balaban J connectivity index is 1.53. The van der Waals surface area contributed by atoms with Gasteiger partial charge in [-0.3, -0.25) is 4.79 Å². The van der Waals surface area contributed by atoms with E-state index in [1.165, 1.54) is 18.4 Å². The molecule has 2 aromatic rings. The van der Waals surface area contributed by atoms with Gasteiger partial charge in [0.15, 0.2) is 0 Å². The van der Waals surface area contributed by atoms with Crippen LogP contribution in [0.5, 0.6) is 0 Å². The fraction of sp³-hybridized carbons (Fsp3) is 0.316. The van der Waals surface area contributed by atoms with Crippen LogP contribution in [0.25, 0.3) is 0 Å². The number of aryl methyl sites for hydroxylation is 1. The van der Waals surface area contributed by atoms with E-state index in [-0.39, 0.29) is 5.91 Å². The van der Waals surface area contributed by atoms with Crippen LogP contribution in [0.3, 0.4) is 0 Å². The Kier molecular flexibility index (Phi) is 5.34. The van der Waals surface area contributed by atoms with Crippen LogP contribution in [0, 0.1) is 0 Å². The highest BCUT2D eigenvalue weighted by atomic mass is 79.9. The summed E-state index contributed by atoms with van der Waals surface area (Å²) in [6.45, 7) is 0. The van der Waals surface area contributed by atoms with E-state index >= 15 is 0 Å². The van der Waals surface area contributed by atoms with Crippen molar-refractivity contribution in [2.24, 2.45) is 0 Å². The van der Waals surface area contributed by atoms with Crippen LogP contribution in [-0.2, 0) is 11.2 Å². The molecule has 1 aliphatic rings. The summed E-state index contributed by atoms with van der Waals surface area (Å²) < 4.78 is 0.971. The van der Waals surface area contributed by atoms with Crippen molar-refractivity contribution in [2.45, 2.75) is 38.1 Å². The Morgan fingerprint density at radius 2 is 1.87 bits per heavy atom. The predicted molar refractivity (Wildman–Crippen MR) is 98.8 cm³/mol. The van der Waals surface area contributed by atoms with Gasteiger partial charge in [-0.25, -0.2) is 0 Å². The number of rotatable bonds is 7. The van der Waals surface area contributed by atoms with E-state index in [0.717, 1.165) is 28.7 Å². The molecular weight excluding hydrogens is 352 g/mol. The van der Waals surface area contributed by atoms with Gasteiger partial charge in [-0.15, -0.1) is 0 Å². The lowest BCUT2D eigenvalue weighted by molar-refractivity contribution is -0.116. The molecule has 0 spiro atoms. The highest BCUT2D eigenvalue weighted by molar-refractivity contribution is 9.10. The molecule has 1 aliphatic carbocycles. The van der Waals surface area contributed by atoms with E-state index < -0.39 is 0 Å². The molecule has 2 N–H and O–H groups in total. The maximum Gasteiger partial charge on any atom is 0.224 e. The molecule has 0 atom stereocenters. The molecular formula is C19H21BrN2O. The molecule has 120 valence electrons. The number of carbonyl (C=O) groups excluding carboxylic acids is 1. The van der Waals surface area contributed by atoms with Crippen LogP contribution >= 0.6 is 15.9 Å². The standard InChI is InChI=1S/C19H21BrN2O/c20-15-9-12-17(21-16-10-11-16)18(13-15)22-19(23)8-4-7-14-5-2-1-3-6-14/h1-3,5-6,9,12-13,16,21H,4,7-8,10-11H2,(H,22,23). The molecule has 3 rings (SSSR count). The van der Waals surface area contributed by atoms with Crippen molar-refractivity contribution < 1.29 is 4.79 Å². The van der Waals surface area contributed by atoms with Crippen LogP contribution in [0.1, 0.15) is 31.2 Å².